The lowest BCUT2D eigenvalue weighted by molar-refractivity contribution is -0.290. The van der Waals surface area contributed by atoms with E-state index in [0.29, 0.717) is 13.0 Å². The molecule has 1 unspecified atom stereocenters. The van der Waals surface area contributed by atoms with Crippen molar-refractivity contribution < 1.29 is 33.7 Å². The second-order valence-electron chi connectivity index (χ2n) is 8.53. The van der Waals surface area contributed by atoms with Crippen molar-refractivity contribution in [2.24, 2.45) is 11.7 Å². The first-order valence-corrected chi connectivity index (χ1v) is 11.9. The number of fused-ring (bicyclic) bond motifs is 1. The van der Waals surface area contributed by atoms with Crippen molar-refractivity contribution in [3.05, 3.63) is 29.8 Å². The zero-order valence-electron chi connectivity index (χ0n) is 16.5. The van der Waals surface area contributed by atoms with Gasteiger partial charge in [0, 0.05) is 0 Å². The summed E-state index contributed by atoms with van der Waals surface area (Å²) >= 11 is 0. The molecule has 2 aliphatic heterocycles. The lowest BCUT2D eigenvalue weighted by Crippen LogP contribution is -2.68. The van der Waals surface area contributed by atoms with Crippen LogP contribution in [-0.2, 0) is 20.0 Å². The Labute approximate surface area is 170 Å². The summed E-state index contributed by atoms with van der Waals surface area (Å²) in [7, 11) is -3.42. The van der Waals surface area contributed by atoms with Gasteiger partial charge in [0.05, 0.1) is 18.8 Å². The van der Waals surface area contributed by atoms with Crippen LogP contribution in [0, 0.1) is 5.92 Å². The molecule has 1 aliphatic carbocycles. The summed E-state index contributed by atoms with van der Waals surface area (Å²) in [5, 5.41) is 30.4. The highest BCUT2D eigenvalue weighted by molar-refractivity contribution is 7.68. The fraction of sp³-hybridized carbons (Fsp3) is 0.700. The molecule has 5 N–H and O–H groups in total. The van der Waals surface area contributed by atoms with Gasteiger partial charge in [0.1, 0.15) is 5.75 Å². The van der Waals surface area contributed by atoms with Crippen molar-refractivity contribution in [2.75, 3.05) is 13.2 Å². The molecular formula is C20H30NO7P. The summed E-state index contributed by atoms with van der Waals surface area (Å²) in [5.41, 5.74) is 3.13. The van der Waals surface area contributed by atoms with Crippen molar-refractivity contribution in [3.8, 4) is 5.75 Å². The van der Waals surface area contributed by atoms with Crippen LogP contribution < -0.4 is 10.5 Å². The lowest BCUT2D eigenvalue weighted by Gasteiger charge is -2.38. The van der Waals surface area contributed by atoms with E-state index in [2.05, 4.69) is 0 Å². The number of ether oxygens (including phenoxy) is 1. The van der Waals surface area contributed by atoms with Crippen LogP contribution in [0.4, 0.5) is 0 Å². The van der Waals surface area contributed by atoms with Crippen LogP contribution >= 0.6 is 7.60 Å². The minimum atomic E-state index is -3.42. The average molecular weight is 427 g/mol. The van der Waals surface area contributed by atoms with E-state index in [1.165, 1.54) is 32.1 Å². The number of nitrogens with two attached hydrogens (primary N) is 1. The van der Waals surface area contributed by atoms with Crippen molar-refractivity contribution in [1.82, 2.24) is 0 Å². The third-order valence-corrected chi connectivity index (χ3v) is 8.36. The SMILES string of the molecule is NC(CO)(CCc1ccc(OCCCC2CCCC2)cc1)C(O)(O)C12OP1(=O)O2. The Morgan fingerprint density at radius 2 is 1.83 bits per heavy atom. The van der Waals surface area contributed by atoms with Crippen molar-refractivity contribution >= 4 is 7.60 Å². The minimum Gasteiger partial charge on any atom is -0.494 e. The molecule has 1 aromatic rings. The Hall–Kier alpha value is -0.990. The number of benzene rings is 1. The normalized spacial score (nSPS) is 30.6. The summed E-state index contributed by atoms with van der Waals surface area (Å²) in [5.74, 6) is -1.09. The van der Waals surface area contributed by atoms with Gasteiger partial charge in [0.15, 0.2) is 0 Å². The Balaban J connectivity index is 1.25. The maximum Gasteiger partial charge on any atom is 0.403 e. The molecule has 29 heavy (non-hydrogen) atoms. The predicted molar refractivity (Wildman–Crippen MR) is 105 cm³/mol. The van der Waals surface area contributed by atoms with E-state index in [1.807, 2.05) is 24.3 Å². The number of rotatable bonds is 11. The van der Waals surface area contributed by atoms with E-state index in [9.17, 15) is 19.9 Å². The molecule has 2 heterocycles. The fourth-order valence-electron chi connectivity index (χ4n) is 4.27. The van der Waals surface area contributed by atoms with Crippen LogP contribution in [0.5, 0.6) is 5.75 Å². The van der Waals surface area contributed by atoms with Gasteiger partial charge in [-0.25, -0.2) is 0 Å². The molecule has 1 saturated carbocycles. The van der Waals surface area contributed by atoms with Gasteiger partial charge in [-0.1, -0.05) is 37.8 Å². The number of hydrogen-bond acceptors (Lipinski definition) is 8. The zero-order valence-corrected chi connectivity index (χ0v) is 17.4. The van der Waals surface area contributed by atoms with Crippen LogP contribution in [0.3, 0.4) is 0 Å². The van der Waals surface area contributed by atoms with E-state index in [4.69, 9.17) is 19.5 Å². The summed E-state index contributed by atoms with van der Waals surface area (Å²) in [6.45, 7) is -0.0252. The molecule has 9 heteroatoms. The van der Waals surface area contributed by atoms with Gasteiger partial charge in [0.2, 0.25) is 0 Å². The Kier molecular flexibility index (Phi) is 5.57. The maximum atomic E-state index is 11.7. The highest BCUT2D eigenvalue weighted by atomic mass is 31.2. The Bertz CT molecular complexity index is 768. The van der Waals surface area contributed by atoms with Crippen molar-refractivity contribution in [1.29, 1.82) is 0 Å². The summed E-state index contributed by atoms with van der Waals surface area (Å²) < 4.78 is 27.0. The number of aliphatic hydroxyl groups is 3. The minimum absolute atomic E-state index is 0.0343. The molecule has 0 bridgehead atoms. The second kappa shape index (κ2) is 7.61. The van der Waals surface area contributed by atoms with E-state index >= 15 is 0 Å². The highest BCUT2D eigenvalue weighted by Gasteiger charge is 3.01. The first-order chi connectivity index (χ1) is 13.8. The zero-order chi connectivity index (χ0) is 20.8. The summed E-state index contributed by atoms with van der Waals surface area (Å²) in [4.78, 5) is 0. The second-order valence-corrected chi connectivity index (χ2v) is 10.5. The third kappa shape index (κ3) is 3.76. The quantitative estimate of drug-likeness (QED) is 0.183. The first-order valence-electron chi connectivity index (χ1n) is 10.3. The van der Waals surface area contributed by atoms with Gasteiger partial charge in [-0.05, 0) is 49.3 Å². The van der Waals surface area contributed by atoms with Gasteiger partial charge < -0.3 is 25.8 Å². The molecule has 3 aliphatic rings. The van der Waals surface area contributed by atoms with Gasteiger partial charge in [-0.2, -0.15) is 0 Å². The topological polar surface area (TPSA) is 138 Å². The van der Waals surface area contributed by atoms with Gasteiger partial charge >= 0.3 is 13.1 Å². The molecule has 0 amide bonds. The van der Waals surface area contributed by atoms with E-state index in [-0.39, 0.29) is 6.42 Å². The van der Waals surface area contributed by atoms with E-state index < -0.39 is 31.1 Å². The third-order valence-electron chi connectivity index (χ3n) is 6.48. The largest absolute Gasteiger partial charge is 0.494 e. The lowest BCUT2D eigenvalue weighted by atomic mass is 9.84. The average Bonchev–Trinajstić information content (AvgIpc) is 3.37. The first kappa shape index (κ1) is 21.2. The number of aryl methyl sites for hydroxylation is 1. The molecular weight excluding hydrogens is 397 g/mol. The molecule has 1 aromatic carbocycles. The monoisotopic (exact) mass is 427 g/mol. The maximum absolute atomic E-state index is 11.7. The Morgan fingerprint density at radius 1 is 1.21 bits per heavy atom. The van der Waals surface area contributed by atoms with Gasteiger partial charge in [-0.15, -0.1) is 0 Å². The van der Waals surface area contributed by atoms with Gasteiger partial charge in [-0.3, -0.25) is 13.6 Å². The molecule has 4 rings (SSSR count). The van der Waals surface area contributed by atoms with Crippen molar-refractivity contribution in [3.63, 3.8) is 0 Å². The van der Waals surface area contributed by atoms with Crippen LogP contribution in [0.25, 0.3) is 0 Å². The predicted octanol–water partition coefficient (Wildman–Crippen LogP) is 2.25. The van der Waals surface area contributed by atoms with Crippen molar-refractivity contribution in [2.45, 2.75) is 68.2 Å². The summed E-state index contributed by atoms with van der Waals surface area (Å²) in [6, 6.07) is 7.50. The number of hydrogen-bond donors (Lipinski definition) is 4. The molecule has 1 atom stereocenters. The van der Waals surface area contributed by atoms with Gasteiger partial charge in [0.25, 0.3) is 5.79 Å². The Morgan fingerprint density at radius 3 is 2.38 bits per heavy atom. The van der Waals surface area contributed by atoms with E-state index in [1.54, 1.807) is 0 Å². The van der Waals surface area contributed by atoms with Crippen LogP contribution in [0.1, 0.15) is 50.5 Å². The molecule has 8 nitrogen and oxygen atoms in total. The molecule has 2 saturated heterocycles. The standard InChI is InChI=1S/C20H30NO7P/c21-18(14-22,19(23,24)20-27-29(20,25)28-20)12-11-16-7-9-17(10-8-16)26-13-3-6-15-4-1-2-5-15/h7-10,15,22-24H,1-6,11-14,21H2. The summed E-state index contributed by atoms with van der Waals surface area (Å²) in [6.07, 6.45) is 8.13. The molecule has 162 valence electrons. The number of aliphatic hydroxyl groups excluding tert-OH is 1. The smallest absolute Gasteiger partial charge is 0.403 e. The molecule has 0 aromatic heterocycles. The van der Waals surface area contributed by atoms with Crippen LogP contribution in [-0.4, -0.2) is 45.4 Å². The van der Waals surface area contributed by atoms with Crippen LogP contribution in [0.2, 0.25) is 0 Å². The molecule has 0 spiro atoms. The molecule has 0 radical (unpaired) electrons. The fourth-order valence-corrected chi connectivity index (χ4v) is 6.11. The van der Waals surface area contributed by atoms with Crippen LogP contribution in [0.15, 0.2) is 24.3 Å². The molecule has 3 fully saturated rings. The van der Waals surface area contributed by atoms with E-state index in [0.717, 1.165) is 23.7 Å². The highest BCUT2D eigenvalue weighted by Crippen LogP contribution is 3.00.